The molecule has 1 atom stereocenters. The first-order valence-corrected chi connectivity index (χ1v) is 8.75. The van der Waals surface area contributed by atoms with E-state index < -0.39 is 23.5 Å². The zero-order chi connectivity index (χ0) is 19.2. The number of nitrogens with one attached hydrogen (secondary N) is 1. The third-order valence-corrected chi connectivity index (χ3v) is 4.47. The second-order valence-electron chi connectivity index (χ2n) is 6.40. The maximum atomic E-state index is 13.6. The Hall–Kier alpha value is -2.96. The molecule has 1 aliphatic heterocycles. The number of esters is 1. The van der Waals surface area contributed by atoms with Crippen molar-refractivity contribution in [3.8, 4) is 0 Å². The summed E-state index contributed by atoms with van der Waals surface area (Å²) in [5.41, 5.74) is 0.659. The van der Waals surface area contributed by atoms with Crippen LogP contribution in [0.15, 0.2) is 48.5 Å². The van der Waals surface area contributed by atoms with E-state index in [0.29, 0.717) is 25.1 Å². The van der Waals surface area contributed by atoms with E-state index in [1.165, 1.54) is 12.1 Å². The number of carbonyl (C=O) groups excluding carboxylic acids is 2. The van der Waals surface area contributed by atoms with Gasteiger partial charge in [-0.3, -0.25) is 4.79 Å². The Kier molecular flexibility index (Phi) is 6.01. The van der Waals surface area contributed by atoms with Crippen LogP contribution < -0.4 is 5.32 Å². The number of hydrogen-bond acceptors (Lipinski definition) is 3. The number of likely N-dealkylation sites (tertiary alicyclic amines) is 1. The number of rotatable bonds is 4. The normalized spacial score (nSPS) is 16.7. The van der Waals surface area contributed by atoms with E-state index >= 15 is 0 Å². The van der Waals surface area contributed by atoms with Crippen molar-refractivity contribution < 1.29 is 23.1 Å². The number of para-hydroxylation sites is 1. The molecule has 1 unspecified atom stereocenters. The second kappa shape index (κ2) is 8.62. The Labute approximate surface area is 155 Å². The number of carbonyl (C=O) groups is 2. The summed E-state index contributed by atoms with van der Waals surface area (Å²) < 4.78 is 32.0. The summed E-state index contributed by atoms with van der Waals surface area (Å²) >= 11 is 0. The van der Waals surface area contributed by atoms with Crippen molar-refractivity contribution in [1.29, 1.82) is 0 Å². The first-order chi connectivity index (χ1) is 13.0. The second-order valence-corrected chi connectivity index (χ2v) is 6.40. The fourth-order valence-electron chi connectivity index (χ4n) is 3.00. The van der Waals surface area contributed by atoms with Crippen molar-refractivity contribution in [2.45, 2.75) is 19.4 Å². The molecule has 2 aromatic carbocycles. The highest BCUT2D eigenvalue weighted by atomic mass is 19.2. The molecular weight excluding hydrogens is 354 g/mol. The molecule has 0 bridgehead atoms. The average molecular weight is 374 g/mol. The van der Waals surface area contributed by atoms with Crippen molar-refractivity contribution in [2.24, 2.45) is 5.92 Å². The lowest BCUT2D eigenvalue weighted by molar-refractivity contribution is -0.151. The SMILES string of the molecule is O=C(OCc1cccc(F)c1F)C1CCCN(C(=O)Nc2ccccc2)C1. The van der Waals surface area contributed by atoms with E-state index in [1.54, 1.807) is 17.0 Å². The van der Waals surface area contributed by atoms with Crippen molar-refractivity contribution in [2.75, 3.05) is 18.4 Å². The summed E-state index contributed by atoms with van der Waals surface area (Å²) in [4.78, 5) is 26.2. The Bertz CT molecular complexity index is 814. The first kappa shape index (κ1) is 18.8. The number of benzene rings is 2. The highest BCUT2D eigenvalue weighted by Crippen LogP contribution is 2.20. The van der Waals surface area contributed by atoms with Crippen LogP contribution in [0.25, 0.3) is 0 Å². The molecular formula is C20H20F2N2O3. The van der Waals surface area contributed by atoms with E-state index in [1.807, 2.05) is 18.2 Å². The maximum absolute atomic E-state index is 13.6. The van der Waals surface area contributed by atoms with Gasteiger partial charge in [0, 0.05) is 24.3 Å². The van der Waals surface area contributed by atoms with Gasteiger partial charge in [0.1, 0.15) is 6.61 Å². The number of ether oxygens (including phenoxy) is 1. The predicted molar refractivity (Wildman–Crippen MR) is 95.9 cm³/mol. The molecule has 7 heteroatoms. The standard InChI is InChI=1S/C20H20F2N2O3/c21-17-10-4-6-15(18(17)22)13-27-19(25)14-7-5-11-24(12-14)20(26)23-16-8-2-1-3-9-16/h1-4,6,8-10,14H,5,7,11-13H2,(H,23,26). The molecule has 0 aromatic heterocycles. The molecule has 3 rings (SSSR count). The van der Waals surface area contributed by atoms with Crippen LogP contribution in [0, 0.1) is 17.6 Å². The zero-order valence-electron chi connectivity index (χ0n) is 14.7. The van der Waals surface area contributed by atoms with E-state index in [2.05, 4.69) is 5.32 Å². The molecule has 0 radical (unpaired) electrons. The van der Waals surface area contributed by atoms with Crippen LogP contribution in [0.3, 0.4) is 0 Å². The summed E-state index contributed by atoms with van der Waals surface area (Å²) in [7, 11) is 0. The third kappa shape index (κ3) is 4.81. The van der Waals surface area contributed by atoms with Crippen LogP contribution in [0.2, 0.25) is 0 Å². The summed E-state index contributed by atoms with van der Waals surface area (Å²) in [5, 5.41) is 2.79. The highest BCUT2D eigenvalue weighted by molar-refractivity contribution is 5.89. The molecule has 27 heavy (non-hydrogen) atoms. The van der Waals surface area contributed by atoms with Gasteiger partial charge in [0.2, 0.25) is 0 Å². The molecule has 2 amide bonds. The number of nitrogens with zero attached hydrogens (tertiary/aromatic N) is 1. The van der Waals surface area contributed by atoms with Crippen LogP contribution in [0.1, 0.15) is 18.4 Å². The molecule has 2 aromatic rings. The minimum absolute atomic E-state index is 0.0159. The van der Waals surface area contributed by atoms with Gasteiger partial charge < -0.3 is 15.0 Å². The van der Waals surface area contributed by atoms with Crippen LogP contribution in [-0.4, -0.2) is 30.0 Å². The fourth-order valence-corrected chi connectivity index (χ4v) is 3.00. The average Bonchev–Trinajstić information content (AvgIpc) is 2.69. The van der Waals surface area contributed by atoms with E-state index in [4.69, 9.17) is 4.74 Å². The summed E-state index contributed by atoms with van der Waals surface area (Å²) in [6.45, 7) is 0.430. The molecule has 142 valence electrons. The van der Waals surface area contributed by atoms with Gasteiger partial charge in [-0.1, -0.05) is 30.3 Å². The minimum Gasteiger partial charge on any atom is -0.460 e. The molecule has 1 N–H and O–H groups in total. The fraction of sp³-hybridized carbons (Fsp3) is 0.300. The topological polar surface area (TPSA) is 58.6 Å². The van der Waals surface area contributed by atoms with Gasteiger partial charge in [-0.15, -0.1) is 0 Å². The molecule has 1 aliphatic rings. The Morgan fingerprint density at radius 2 is 1.89 bits per heavy atom. The lowest BCUT2D eigenvalue weighted by Gasteiger charge is -2.31. The lowest BCUT2D eigenvalue weighted by atomic mass is 9.98. The summed E-state index contributed by atoms with van der Waals surface area (Å²) in [5.74, 6) is -3.00. The van der Waals surface area contributed by atoms with Gasteiger partial charge in [0.05, 0.1) is 5.92 Å². The van der Waals surface area contributed by atoms with Crippen molar-refractivity contribution in [3.63, 3.8) is 0 Å². The third-order valence-electron chi connectivity index (χ3n) is 4.47. The monoisotopic (exact) mass is 374 g/mol. The smallest absolute Gasteiger partial charge is 0.321 e. The van der Waals surface area contributed by atoms with E-state index in [9.17, 15) is 18.4 Å². The van der Waals surface area contributed by atoms with Gasteiger partial charge in [-0.2, -0.15) is 0 Å². The Balaban J connectivity index is 1.54. The molecule has 0 saturated carbocycles. The molecule has 1 heterocycles. The Morgan fingerprint density at radius 1 is 1.11 bits per heavy atom. The van der Waals surface area contributed by atoms with Crippen LogP contribution >= 0.6 is 0 Å². The number of anilines is 1. The number of hydrogen-bond donors (Lipinski definition) is 1. The number of piperidine rings is 1. The molecule has 1 fully saturated rings. The van der Waals surface area contributed by atoms with Gasteiger partial charge in [-0.25, -0.2) is 13.6 Å². The maximum Gasteiger partial charge on any atom is 0.321 e. The van der Waals surface area contributed by atoms with Crippen LogP contribution in [0.5, 0.6) is 0 Å². The molecule has 0 spiro atoms. The van der Waals surface area contributed by atoms with Crippen LogP contribution in [-0.2, 0) is 16.1 Å². The number of urea groups is 1. The lowest BCUT2D eigenvalue weighted by Crippen LogP contribution is -2.44. The molecule has 1 saturated heterocycles. The van der Waals surface area contributed by atoms with Crippen LogP contribution in [0.4, 0.5) is 19.3 Å². The van der Waals surface area contributed by atoms with Gasteiger partial charge >= 0.3 is 12.0 Å². The first-order valence-electron chi connectivity index (χ1n) is 8.75. The zero-order valence-corrected chi connectivity index (χ0v) is 14.7. The van der Waals surface area contributed by atoms with Crippen molar-refractivity contribution in [1.82, 2.24) is 4.90 Å². The van der Waals surface area contributed by atoms with Crippen molar-refractivity contribution >= 4 is 17.7 Å². The quantitative estimate of drug-likeness (QED) is 0.825. The summed E-state index contributed by atoms with van der Waals surface area (Å²) in [6, 6.07) is 12.5. The molecule has 5 nitrogen and oxygen atoms in total. The van der Waals surface area contributed by atoms with Gasteiger partial charge in [0.25, 0.3) is 0 Å². The highest BCUT2D eigenvalue weighted by Gasteiger charge is 2.29. The van der Waals surface area contributed by atoms with E-state index in [0.717, 1.165) is 6.07 Å². The molecule has 0 aliphatic carbocycles. The summed E-state index contributed by atoms with van der Waals surface area (Å²) in [6.07, 6.45) is 1.25. The largest absolute Gasteiger partial charge is 0.460 e. The van der Waals surface area contributed by atoms with Crippen molar-refractivity contribution in [3.05, 3.63) is 65.7 Å². The van der Waals surface area contributed by atoms with Gasteiger partial charge in [0.15, 0.2) is 11.6 Å². The Morgan fingerprint density at radius 3 is 2.67 bits per heavy atom. The number of halogens is 2. The minimum atomic E-state index is -1.02. The van der Waals surface area contributed by atoms with E-state index in [-0.39, 0.29) is 24.7 Å². The van der Waals surface area contributed by atoms with Gasteiger partial charge in [-0.05, 0) is 31.0 Å². The number of amides is 2. The predicted octanol–water partition coefficient (Wildman–Crippen LogP) is 3.95.